The molecule has 0 heterocycles. The van der Waals surface area contributed by atoms with E-state index in [1.807, 2.05) is 6.07 Å². The van der Waals surface area contributed by atoms with E-state index in [9.17, 15) is 4.79 Å². The normalized spacial score (nSPS) is 9.12. The van der Waals surface area contributed by atoms with E-state index in [0.717, 1.165) is 0 Å². The van der Waals surface area contributed by atoms with Gasteiger partial charge in [0.15, 0.2) is 5.75 Å². The van der Waals surface area contributed by atoms with Crippen molar-refractivity contribution in [1.82, 2.24) is 0 Å². The summed E-state index contributed by atoms with van der Waals surface area (Å²) in [6, 6.07) is 4.94. The first-order chi connectivity index (χ1) is 7.69. The molecule has 16 heavy (non-hydrogen) atoms. The van der Waals surface area contributed by atoms with Crippen LogP contribution >= 0.6 is 0 Å². The van der Waals surface area contributed by atoms with Gasteiger partial charge in [-0.25, -0.2) is 4.79 Å². The molecule has 5 heteroatoms. The van der Waals surface area contributed by atoms with Gasteiger partial charge in [0.2, 0.25) is 0 Å². The molecule has 0 aliphatic rings. The first-order valence-electron chi connectivity index (χ1n) is 4.43. The van der Waals surface area contributed by atoms with Crippen LogP contribution in [0.2, 0.25) is 0 Å². The van der Waals surface area contributed by atoms with E-state index in [-0.39, 0.29) is 16.9 Å². The Morgan fingerprint density at radius 1 is 1.25 bits per heavy atom. The van der Waals surface area contributed by atoms with Gasteiger partial charge in [0.1, 0.15) is 22.9 Å². The predicted octanol–water partition coefficient (Wildman–Crippen LogP) is 1.36. The van der Waals surface area contributed by atoms with E-state index < -0.39 is 5.97 Å². The zero-order valence-corrected chi connectivity index (χ0v) is 9.23. The first kappa shape index (κ1) is 11.9. The molecule has 1 aromatic carbocycles. The molecule has 0 unspecified atom stereocenters. The second kappa shape index (κ2) is 5.03. The van der Waals surface area contributed by atoms with Crippen molar-refractivity contribution in [3.8, 4) is 17.6 Å². The Labute approximate surface area is 93.2 Å². The van der Waals surface area contributed by atoms with E-state index in [1.54, 1.807) is 0 Å². The van der Waals surface area contributed by atoms with Crippen LogP contribution in [0, 0.1) is 11.3 Å². The summed E-state index contributed by atoms with van der Waals surface area (Å²) in [7, 11) is 4.08. The largest absolute Gasteiger partial charge is 0.495 e. The van der Waals surface area contributed by atoms with Gasteiger partial charge in [0, 0.05) is 0 Å². The Morgan fingerprint density at radius 3 is 2.38 bits per heavy atom. The van der Waals surface area contributed by atoms with Crippen LogP contribution in [0.5, 0.6) is 11.5 Å². The minimum Gasteiger partial charge on any atom is -0.495 e. The summed E-state index contributed by atoms with van der Waals surface area (Å²) in [6.45, 7) is 0. The maximum atomic E-state index is 11.4. The SMILES string of the molecule is COC(=O)c1ccc(OC)c(C#N)c1OC. The van der Waals surface area contributed by atoms with E-state index in [1.165, 1.54) is 33.5 Å². The van der Waals surface area contributed by atoms with Crippen molar-refractivity contribution >= 4 is 5.97 Å². The molecule has 1 aromatic rings. The monoisotopic (exact) mass is 221 g/mol. The lowest BCUT2D eigenvalue weighted by atomic mass is 10.1. The van der Waals surface area contributed by atoms with Gasteiger partial charge in [-0.3, -0.25) is 0 Å². The van der Waals surface area contributed by atoms with Gasteiger partial charge in [-0.15, -0.1) is 0 Å². The number of ether oxygens (including phenoxy) is 3. The van der Waals surface area contributed by atoms with Crippen LogP contribution in [0.4, 0.5) is 0 Å². The summed E-state index contributed by atoms with van der Waals surface area (Å²) in [5.74, 6) is -0.0447. The molecular weight excluding hydrogens is 210 g/mol. The van der Waals surface area contributed by atoms with Crippen molar-refractivity contribution < 1.29 is 19.0 Å². The highest BCUT2D eigenvalue weighted by Crippen LogP contribution is 2.31. The molecule has 0 amide bonds. The third-order valence-corrected chi connectivity index (χ3v) is 2.06. The van der Waals surface area contributed by atoms with Gasteiger partial charge >= 0.3 is 5.97 Å². The second-order valence-electron chi connectivity index (χ2n) is 2.83. The fraction of sp³-hybridized carbons (Fsp3) is 0.273. The van der Waals surface area contributed by atoms with Gasteiger partial charge in [0.25, 0.3) is 0 Å². The number of carbonyl (C=O) groups is 1. The summed E-state index contributed by atoms with van der Waals surface area (Å²) in [6.07, 6.45) is 0. The molecular formula is C11H11NO4. The number of nitrogens with zero attached hydrogens (tertiary/aromatic N) is 1. The average Bonchev–Trinajstić information content (AvgIpc) is 2.35. The molecule has 0 spiro atoms. The minimum absolute atomic E-state index is 0.161. The fourth-order valence-electron chi connectivity index (χ4n) is 1.32. The number of rotatable bonds is 3. The number of carbonyl (C=O) groups excluding carboxylic acids is 1. The van der Waals surface area contributed by atoms with Gasteiger partial charge in [-0.05, 0) is 12.1 Å². The molecule has 0 aliphatic heterocycles. The maximum Gasteiger partial charge on any atom is 0.341 e. The van der Waals surface area contributed by atoms with Gasteiger partial charge in [-0.2, -0.15) is 5.26 Å². The highest BCUT2D eigenvalue weighted by molar-refractivity contribution is 5.94. The van der Waals surface area contributed by atoms with E-state index in [4.69, 9.17) is 14.7 Å². The van der Waals surface area contributed by atoms with Crippen LogP contribution in [-0.4, -0.2) is 27.3 Å². The molecule has 84 valence electrons. The summed E-state index contributed by atoms with van der Waals surface area (Å²) in [4.78, 5) is 11.4. The van der Waals surface area contributed by atoms with Crippen LogP contribution in [0.25, 0.3) is 0 Å². The second-order valence-corrected chi connectivity index (χ2v) is 2.83. The van der Waals surface area contributed by atoms with Crippen molar-refractivity contribution in [2.75, 3.05) is 21.3 Å². The molecule has 0 N–H and O–H groups in total. The van der Waals surface area contributed by atoms with E-state index in [2.05, 4.69) is 4.74 Å². The van der Waals surface area contributed by atoms with E-state index in [0.29, 0.717) is 5.75 Å². The lowest BCUT2D eigenvalue weighted by Gasteiger charge is -2.11. The van der Waals surface area contributed by atoms with Crippen LogP contribution in [0.3, 0.4) is 0 Å². The van der Waals surface area contributed by atoms with Gasteiger partial charge in [0.05, 0.1) is 21.3 Å². The molecule has 0 saturated carbocycles. The molecule has 5 nitrogen and oxygen atoms in total. The van der Waals surface area contributed by atoms with Crippen molar-refractivity contribution in [2.45, 2.75) is 0 Å². The molecule has 0 saturated heterocycles. The Kier molecular flexibility index (Phi) is 3.72. The number of esters is 1. The number of nitriles is 1. The molecule has 0 bridgehead atoms. The van der Waals surface area contributed by atoms with E-state index >= 15 is 0 Å². The Hall–Kier alpha value is -2.22. The van der Waals surface area contributed by atoms with Crippen molar-refractivity contribution in [3.63, 3.8) is 0 Å². The predicted molar refractivity (Wildman–Crippen MR) is 55.6 cm³/mol. The third kappa shape index (κ3) is 1.91. The Bertz CT molecular complexity index is 448. The average molecular weight is 221 g/mol. The quantitative estimate of drug-likeness (QED) is 0.721. The minimum atomic E-state index is -0.559. The first-order valence-corrected chi connectivity index (χ1v) is 4.43. The third-order valence-electron chi connectivity index (χ3n) is 2.06. The standard InChI is InChI=1S/C11H11NO4/c1-14-9-5-4-7(11(13)16-3)10(15-2)8(9)6-12/h4-5H,1-3H3. The van der Waals surface area contributed by atoms with Crippen LogP contribution in [0.15, 0.2) is 12.1 Å². The topological polar surface area (TPSA) is 68.5 Å². The van der Waals surface area contributed by atoms with Crippen molar-refractivity contribution in [2.24, 2.45) is 0 Å². The Balaban J connectivity index is 3.44. The summed E-state index contributed by atoms with van der Waals surface area (Å²) in [5.41, 5.74) is 0.371. The highest BCUT2D eigenvalue weighted by Gasteiger charge is 2.19. The lowest BCUT2D eigenvalue weighted by Crippen LogP contribution is -2.06. The molecule has 0 atom stereocenters. The molecule has 0 aromatic heterocycles. The number of benzene rings is 1. The lowest BCUT2D eigenvalue weighted by molar-refractivity contribution is 0.0597. The zero-order valence-electron chi connectivity index (χ0n) is 9.23. The summed E-state index contributed by atoms with van der Waals surface area (Å²) < 4.78 is 14.6. The fourth-order valence-corrected chi connectivity index (χ4v) is 1.32. The van der Waals surface area contributed by atoms with Crippen molar-refractivity contribution in [1.29, 1.82) is 5.26 Å². The summed E-state index contributed by atoms with van der Waals surface area (Å²) in [5, 5.41) is 8.98. The smallest absolute Gasteiger partial charge is 0.341 e. The van der Waals surface area contributed by atoms with Gasteiger partial charge < -0.3 is 14.2 Å². The summed E-state index contributed by atoms with van der Waals surface area (Å²) >= 11 is 0. The number of methoxy groups -OCH3 is 3. The van der Waals surface area contributed by atoms with Gasteiger partial charge in [-0.1, -0.05) is 0 Å². The molecule has 0 radical (unpaired) electrons. The molecule has 0 fully saturated rings. The molecule has 1 rings (SSSR count). The highest BCUT2D eigenvalue weighted by atomic mass is 16.5. The number of hydrogen-bond donors (Lipinski definition) is 0. The van der Waals surface area contributed by atoms with Crippen LogP contribution in [-0.2, 0) is 4.74 Å². The number of hydrogen-bond acceptors (Lipinski definition) is 5. The van der Waals surface area contributed by atoms with Crippen LogP contribution in [0.1, 0.15) is 15.9 Å². The van der Waals surface area contributed by atoms with Crippen LogP contribution < -0.4 is 9.47 Å². The maximum absolute atomic E-state index is 11.4. The van der Waals surface area contributed by atoms with Crippen molar-refractivity contribution in [3.05, 3.63) is 23.3 Å². The Morgan fingerprint density at radius 2 is 1.94 bits per heavy atom. The zero-order chi connectivity index (χ0) is 12.1. The molecule has 0 aliphatic carbocycles.